The molecule has 0 bridgehead atoms. The first-order chi connectivity index (χ1) is 0. The quantitative estimate of drug-likeness (QED) is 0.412. The molecule has 0 spiro atoms. The summed E-state index contributed by atoms with van der Waals surface area (Å²) >= 11 is 0. The summed E-state index contributed by atoms with van der Waals surface area (Å²) in [5.74, 6) is 0. The first-order valence-electron chi connectivity index (χ1n) is 0. The molecule has 0 rings (SSSR count). The standard InChI is InChI=1S/Al.B.Zn.Zr.3H. The zero-order valence-corrected chi connectivity index (χ0v) is 7.21. The Bertz CT molecular complexity index is 8.00. The van der Waals surface area contributed by atoms with Crippen molar-refractivity contribution < 1.29 is 45.7 Å². The van der Waals surface area contributed by atoms with E-state index in [0.29, 0.717) is 0 Å². The maximum absolute atomic E-state index is 0. The number of rotatable bonds is 0. The Labute approximate surface area is 70.7 Å². The first kappa shape index (κ1) is 35.9. The van der Waals surface area contributed by atoms with Crippen LogP contribution in [0.1, 0.15) is 0 Å². The summed E-state index contributed by atoms with van der Waals surface area (Å²) in [4.78, 5) is 0. The van der Waals surface area contributed by atoms with Gasteiger partial charge in [-0.2, -0.15) is 0 Å². The summed E-state index contributed by atoms with van der Waals surface area (Å²) in [6, 6.07) is 0. The zero-order chi connectivity index (χ0) is 0. The monoisotopic (exact) mass is 195 g/mol. The minimum absolute atomic E-state index is 0. The van der Waals surface area contributed by atoms with Crippen molar-refractivity contribution in [2.75, 3.05) is 0 Å². The van der Waals surface area contributed by atoms with Gasteiger partial charge in [-0.3, -0.25) is 0 Å². The summed E-state index contributed by atoms with van der Waals surface area (Å²) in [6.07, 6.45) is 0. The molecule has 4 heteroatoms. The van der Waals surface area contributed by atoms with Gasteiger partial charge < -0.3 is 0 Å². The molecule has 4 heavy (non-hydrogen) atoms. The molecule has 0 unspecified atom stereocenters. The number of hydrogen-bond donors (Lipinski definition) is 0. The van der Waals surface area contributed by atoms with Crippen molar-refractivity contribution in [1.29, 1.82) is 0 Å². The third-order valence-corrected chi connectivity index (χ3v) is 0. The summed E-state index contributed by atoms with van der Waals surface area (Å²) in [6.45, 7) is 0. The predicted octanol–water partition coefficient (Wildman–Crippen LogP) is -1.57. The van der Waals surface area contributed by atoms with Crippen molar-refractivity contribution in [2.24, 2.45) is 0 Å². The van der Waals surface area contributed by atoms with E-state index in [1.807, 2.05) is 0 Å². The maximum atomic E-state index is 0. The molecular weight excluding hydrogens is 194 g/mol. The first-order valence-corrected chi connectivity index (χ1v) is 0. The van der Waals surface area contributed by atoms with E-state index in [-0.39, 0.29) is 71.5 Å². The molecule has 0 aromatic rings. The molecule has 0 amide bonds. The van der Waals surface area contributed by atoms with Crippen LogP contribution in [0.3, 0.4) is 0 Å². The van der Waals surface area contributed by atoms with Crippen LogP contribution >= 0.6 is 0 Å². The second kappa shape index (κ2) is 19.4. The van der Waals surface area contributed by atoms with Gasteiger partial charge in [-0.15, -0.1) is 0 Å². The molecule has 0 saturated carbocycles. The third kappa shape index (κ3) is 8.93. The fourth-order valence-electron chi connectivity index (χ4n) is 0. The van der Waals surface area contributed by atoms with Gasteiger partial charge in [0, 0.05) is 54.1 Å². The summed E-state index contributed by atoms with van der Waals surface area (Å²) < 4.78 is 0. The normalized spacial score (nSPS) is 0. The van der Waals surface area contributed by atoms with Crippen molar-refractivity contribution in [3.05, 3.63) is 0 Å². The summed E-state index contributed by atoms with van der Waals surface area (Å²) in [5.41, 5.74) is 0. The molecule has 0 aliphatic heterocycles. The van der Waals surface area contributed by atoms with Crippen molar-refractivity contribution in [2.45, 2.75) is 0 Å². The predicted molar refractivity (Wildman–Crippen MR) is 15.7 cm³/mol. The van der Waals surface area contributed by atoms with Gasteiger partial charge in [0.15, 0.2) is 17.4 Å². The van der Waals surface area contributed by atoms with Gasteiger partial charge in [-0.1, -0.05) is 0 Å². The molecule has 0 saturated heterocycles. The van der Waals surface area contributed by atoms with Crippen molar-refractivity contribution in [3.63, 3.8) is 0 Å². The van der Waals surface area contributed by atoms with Crippen LogP contribution in [0.4, 0.5) is 0 Å². The molecule has 0 aromatic carbocycles. The van der Waals surface area contributed by atoms with Gasteiger partial charge in [-0.05, 0) is 0 Å². The van der Waals surface area contributed by atoms with Crippen LogP contribution in [0.15, 0.2) is 0 Å². The summed E-state index contributed by atoms with van der Waals surface area (Å²) in [5, 5.41) is 0. The molecule has 0 heterocycles. The third-order valence-electron chi connectivity index (χ3n) is 0. The van der Waals surface area contributed by atoms with Crippen LogP contribution in [0.25, 0.3) is 0 Å². The van der Waals surface area contributed by atoms with E-state index in [4.69, 9.17) is 0 Å². The molecule has 3 radical (unpaired) electrons. The Balaban J connectivity index is 0. The molecule has 0 aliphatic rings. The second-order valence-corrected chi connectivity index (χ2v) is 0. The van der Waals surface area contributed by atoms with E-state index in [1.54, 1.807) is 0 Å². The van der Waals surface area contributed by atoms with Crippen LogP contribution in [0, 0.1) is 0 Å². The van der Waals surface area contributed by atoms with Gasteiger partial charge in [-0.25, -0.2) is 0 Å². The largest absolute Gasteiger partial charge is 0.187 e. The Kier molecular flexibility index (Phi) is 174. The molecular formula is H3AlBZnZr. The summed E-state index contributed by atoms with van der Waals surface area (Å²) in [7, 11) is 0. The Morgan fingerprint density at radius 3 is 1.00 bits per heavy atom. The van der Waals surface area contributed by atoms with Crippen LogP contribution in [0.2, 0.25) is 0 Å². The Morgan fingerprint density at radius 2 is 1.00 bits per heavy atom. The van der Waals surface area contributed by atoms with Gasteiger partial charge in [0.05, 0.1) is 0 Å². The smallest absolute Gasteiger partial charge is 0 e. The van der Waals surface area contributed by atoms with Crippen molar-refractivity contribution in [3.8, 4) is 0 Å². The minimum Gasteiger partial charge on any atom is 0 e. The van der Waals surface area contributed by atoms with Crippen molar-refractivity contribution in [1.82, 2.24) is 0 Å². The molecule has 0 N–H and O–H groups in total. The van der Waals surface area contributed by atoms with Gasteiger partial charge in [0.1, 0.15) is 0 Å². The van der Waals surface area contributed by atoms with Crippen LogP contribution in [0.5, 0.6) is 0 Å². The maximum Gasteiger partial charge on any atom is 0.187 e. The van der Waals surface area contributed by atoms with Crippen LogP contribution in [-0.4, -0.2) is 25.8 Å². The molecule has 0 nitrogen and oxygen atoms in total. The minimum atomic E-state index is 0. The average molecular weight is 197 g/mol. The van der Waals surface area contributed by atoms with E-state index >= 15 is 0 Å². The van der Waals surface area contributed by atoms with E-state index in [0.717, 1.165) is 0 Å². The van der Waals surface area contributed by atoms with Crippen molar-refractivity contribution >= 4 is 25.8 Å². The average Bonchev–Trinajstić information content (AvgIpc) is 0. The van der Waals surface area contributed by atoms with E-state index in [2.05, 4.69) is 0 Å². The van der Waals surface area contributed by atoms with E-state index in [1.165, 1.54) is 0 Å². The van der Waals surface area contributed by atoms with E-state index < -0.39 is 0 Å². The van der Waals surface area contributed by atoms with Gasteiger partial charge in [0.2, 0.25) is 0 Å². The zero-order valence-electron chi connectivity index (χ0n) is 1.78. The molecule has 0 fully saturated rings. The van der Waals surface area contributed by atoms with Crippen LogP contribution < -0.4 is 0 Å². The SMILES string of the molecule is [AlH3].[B].[Zn].[Zr]. The Morgan fingerprint density at radius 1 is 1.00 bits per heavy atom. The second-order valence-electron chi connectivity index (χ2n) is 0. The topological polar surface area (TPSA) is 0 Å². The van der Waals surface area contributed by atoms with Gasteiger partial charge >= 0.3 is 0 Å². The molecule has 0 aliphatic carbocycles. The van der Waals surface area contributed by atoms with Crippen LogP contribution in [-0.2, 0) is 45.7 Å². The molecule has 0 atom stereocenters. The molecule has 0 aromatic heterocycles. The Hall–Kier alpha value is 2.10. The fraction of sp³-hybridized carbons (Fsp3) is 0. The molecule has 15 valence electrons. The number of hydrogen-bond acceptors (Lipinski definition) is 0. The fourth-order valence-corrected chi connectivity index (χ4v) is 0. The van der Waals surface area contributed by atoms with E-state index in [9.17, 15) is 0 Å². The van der Waals surface area contributed by atoms with Gasteiger partial charge in [0.25, 0.3) is 0 Å².